The fraction of sp³-hybridized carbons (Fsp3) is 1.00. The van der Waals surface area contributed by atoms with Gasteiger partial charge in [-0.1, -0.05) is 0 Å². The highest BCUT2D eigenvalue weighted by Crippen LogP contribution is 2.36. The standard InChI is InChI=1S/C17H32O9/c1-5-22-16(23-6-2)15-10(25-17(3,4)26-15)7-9-12(19)14(21)13(20)11(8-18)24-9/h9-16,18-21H,5-8H2,1-4H3/t9-,10-,11-,12-,13-,14-,15+/m1/s1. The molecule has 7 atom stereocenters. The van der Waals surface area contributed by atoms with Crippen LogP contribution < -0.4 is 0 Å². The first-order valence-electron chi connectivity index (χ1n) is 9.13. The summed E-state index contributed by atoms with van der Waals surface area (Å²) in [6, 6.07) is 0. The van der Waals surface area contributed by atoms with E-state index in [4.69, 9.17) is 23.7 Å². The van der Waals surface area contributed by atoms with Crippen molar-refractivity contribution in [2.75, 3.05) is 19.8 Å². The summed E-state index contributed by atoms with van der Waals surface area (Å²) in [5.41, 5.74) is 0. The molecule has 0 saturated carbocycles. The molecular weight excluding hydrogens is 348 g/mol. The molecule has 0 unspecified atom stereocenters. The maximum absolute atomic E-state index is 10.3. The van der Waals surface area contributed by atoms with Gasteiger partial charge in [-0.05, 0) is 27.7 Å². The van der Waals surface area contributed by atoms with Gasteiger partial charge in [0.25, 0.3) is 0 Å². The Morgan fingerprint density at radius 2 is 1.46 bits per heavy atom. The molecular formula is C17H32O9. The predicted octanol–water partition coefficient (Wildman–Crippen LogP) is -0.862. The molecule has 2 heterocycles. The minimum atomic E-state index is -1.42. The number of ether oxygens (including phenoxy) is 5. The van der Waals surface area contributed by atoms with Crippen LogP contribution in [-0.4, -0.2) is 95.1 Å². The molecule has 0 aromatic carbocycles. The first-order valence-corrected chi connectivity index (χ1v) is 9.13. The lowest BCUT2D eigenvalue weighted by Crippen LogP contribution is -2.59. The molecule has 0 aromatic rings. The average molecular weight is 380 g/mol. The van der Waals surface area contributed by atoms with Gasteiger partial charge in [-0.3, -0.25) is 0 Å². The molecule has 0 spiro atoms. The lowest BCUT2D eigenvalue weighted by Gasteiger charge is -2.41. The Bertz CT molecular complexity index is 424. The van der Waals surface area contributed by atoms with Crippen LogP contribution in [0.1, 0.15) is 34.1 Å². The summed E-state index contributed by atoms with van der Waals surface area (Å²) in [6.45, 7) is 7.61. The number of hydrogen-bond acceptors (Lipinski definition) is 9. The first kappa shape index (κ1) is 21.9. The Morgan fingerprint density at radius 3 is 2.00 bits per heavy atom. The van der Waals surface area contributed by atoms with Gasteiger partial charge < -0.3 is 44.1 Å². The van der Waals surface area contributed by atoms with Crippen molar-refractivity contribution in [1.82, 2.24) is 0 Å². The molecule has 26 heavy (non-hydrogen) atoms. The average Bonchev–Trinajstić information content (AvgIpc) is 2.89. The van der Waals surface area contributed by atoms with E-state index < -0.39 is 61.4 Å². The Kier molecular flexibility index (Phi) is 7.78. The van der Waals surface area contributed by atoms with Gasteiger partial charge in [0.2, 0.25) is 0 Å². The van der Waals surface area contributed by atoms with Gasteiger partial charge in [0.1, 0.15) is 30.5 Å². The van der Waals surface area contributed by atoms with E-state index in [1.54, 1.807) is 13.8 Å². The summed E-state index contributed by atoms with van der Waals surface area (Å²) in [6.07, 6.45) is -7.51. The van der Waals surface area contributed by atoms with Crippen LogP contribution in [0.5, 0.6) is 0 Å². The van der Waals surface area contributed by atoms with Crippen LogP contribution >= 0.6 is 0 Å². The van der Waals surface area contributed by atoms with Gasteiger partial charge in [0.15, 0.2) is 12.1 Å². The summed E-state index contributed by atoms with van der Waals surface area (Å²) >= 11 is 0. The maximum Gasteiger partial charge on any atom is 0.186 e. The van der Waals surface area contributed by atoms with Gasteiger partial charge in [-0.25, -0.2) is 0 Å². The zero-order valence-electron chi connectivity index (χ0n) is 15.8. The second kappa shape index (κ2) is 9.22. The van der Waals surface area contributed by atoms with Gasteiger partial charge >= 0.3 is 0 Å². The second-order valence-corrected chi connectivity index (χ2v) is 7.02. The molecule has 0 aromatic heterocycles. The van der Waals surface area contributed by atoms with Crippen molar-refractivity contribution in [2.24, 2.45) is 0 Å². The Balaban J connectivity index is 2.13. The Labute approximate surface area is 153 Å². The maximum atomic E-state index is 10.3. The molecule has 9 nitrogen and oxygen atoms in total. The van der Waals surface area contributed by atoms with Crippen molar-refractivity contribution in [3.05, 3.63) is 0 Å². The molecule has 0 aliphatic carbocycles. The Hall–Kier alpha value is -0.360. The highest BCUT2D eigenvalue weighted by Gasteiger charge is 2.50. The van der Waals surface area contributed by atoms with Gasteiger partial charge in [0.05, 0.1) is 18.8 Å². The monoisotopic (exact) mass is 380 g/mol. The van der Waals surface area contributed by atoms with E-state index in [2.05, 4.69) is 0 Å². The molecule has 0 amide bonds. The number of aliphatic hydroxyl groups excluding tert-OH is 4. The molecule has 2 rings (SSSR count). The van der Waals surface area contributed by atoms with E-state index in [-0.39, 0.29) is 6.42 Å². The highest BCUT2D eigenvalue weighted by molar-refractivity contribution is 4.95. The molecule has 4 N–H and O–H groups in total. The quantitative estimate of drug-likeness (QED) is 0.398. The molecule has 2 aliphatic heterocycles. The van der Waals surface area contributed by atoms with Gasteiger partial charge in [-0.2, -0.15) is 0 Å². The second-order valence-electron chi connectivity index (χ2n) is 7.02. The van der Waals surface area contributed by atoms with Crippen LogP contribution in [0.25, 0.3) is 0 Å². The molecule has 2 fully saturated rings. The third-order valence-electron chi connectivity index (χ3n) is 4.61. The Morgan fingerprint density at radius 1 is 0.885 bits per heavy atom. The lowest BCUT2D eigenvalue weighted by molar-refractivity contribution is -0.238. The fourth-order valence-corrected chi connectivity index (χ4v) is 3.44. The fourth-order valence-electron chi connectivity index (χ4n) is 3.44. The van der Waals surface area contributed by atoms with E-state index in [0.29, 0.717) is 13.2 Å². The summed E-state index contributed by atoms with van der Waals surface area (Å²) in [4.78, 5) is 0. The number of rotatable bonds is 8. The van der Waals surface area contributed by atoms with Crippen molar-refractivity contribution in [2.45, 2.75) is 88.9 Å². The van der Waals surface area contributed by atoms with E-state index in [1.165, 1.54) is 0 Å². The normalized spacial score (nSPS) is 40.3. The van der Waals surface area contributed by atoms with Crippen LogP contribution in [0.3, 0.4) is 0 Å². The first-order chi connectivity index (χ1) is 12.2. The van der Waals surface area contributed by atoms with E-state index >= 15 is 0 Å². The lowest BCUT2D eigenvalue weighted by atomic mass is 9.91. The summed E-state index contributed by atoms with van der Waals surface area (Å²) in [5.74, 6) is -0.879. The SMILES string of the molecule is CCOC(OCC)[C@H]1OC(C)(C)O[C@@H]1C[C@H]1O[C@H](CO)[C@@H](O)[C@H](O)[C@@H]1O. The van der Waals surface area contributed by atoms with Crippen LogP contribution in [0.2, 0.25) is 0 Å². The zero-order chi connectivity index (χ0) is 19.5. The molecule has 154 valence electrons. The minimum absolute atomic E-state index is 0.173. The van der Waals surface area contributed by atoms with Crippen molar-refractivity contribution in [3.8, 4) is 0 Å². The van der Waals surface area contributed by atoms with Gasteiger partial charge in [-0.15, -0.1) is 0 Å². The molecule has 0 radical (unpaired) electrons. The molecule has 9 heteroatoms. The van der Waals surface area contributed by atoms with E-state index in [0.717, 1.165) is 0 Å². The van der Waals surface area contributed by atoms with Crippen molar-refractivity contribution >= 4 is 0 Å². The minimum Gasteiger partial charge on any atom is -0.394 e. The van der Waals surface area contributed by atoms with Crippen molar-refractivity contribution in [3.63, 3.8) is 0 Å². The zero-order valence-corrected chi connectivity index (χ0v) is 15.8. The van der Waals surface area contributed by atoms with Crippen LogP contribution in [-0.2, 0) is 23.7 Å². The summed E-state index contributed by atoms with van der Waals surface area (Å²) in [5, 5.41) is 39.5. The number of aliphatic hydroxyl groups is 4. The third kappa shape index (κ3) is 4.92. The van der Waals surface area contributed by atoms with Gasteiger partial charge in [0, 0.05) is 19.6 Å². The van der Waals surface area contributed by atoms with Crippen LogP contribution in [0.15, 0.2) is 0 Å². The topological polar surface area (TPSA) is 127 Å². The van der Waals surface area contributed by atoms with Crippen LogP contribution in [0.4, 0.5) is 0 Å². The number of hydrogen-bond donors (Lipinski definition) is 4. The van der Waals surface area contributed by atoms with E-state index in [1.807, 2.05) is 13.8 Å². The molecule has 2 saturated heterocycles. The van der Waals surface area contributed by atoms with Crippen LogP contribution in [0, 0.1) is 0 Å². The molecule has 2 aliphatic rings. The summed E-state index contributed by atoms with van der Waals surface area (Å²) < 4.78 is 28.7. The van der Waals surface area contributed by atoms with Crippen molar-refractivity contribution in [1.29, 1.82) is 0 Å². The highest BCUT2D eigenvalue weighted by atomic mass is 16.8. The third-order valence-corrected chi connectivity index (χ3v) is 4.61. The predicted molar refractivity (Wildman–Crippen MR) is 89.2 cm³/mol. The molecule has 0 bridgehead atoms. The smallest absolute Gasteiger partial charge is 0.186 e. The van der Waals surface area contributed by atoms with Crippen molar-refractivity contribution < 1.29 is 44.1 Å². The summed E-state index contributed by atoms with van der Waals surface area (Å²) in [7, 11) is 0. The largest absolute Gasteiger partial charge is 0.394 e. The van der Waals surface area contributed by atoms with E-state index in [9.17, 15) is 20.4 Å².